The van der Waals surface area contributed by atoms with Crippen LogP contribution in [0.25, 0.3) is 0 Å². The van der Waals surface area contributed by atoms with E-state index in [1.165, 1.54) is 0 Å². The normalized spacial score (nSPS) is 28.0. The van der Waals surface area contributed by atoms with E-state index in [4.69, 9.17) is 5.11 Å². The average Bonchev–Trinajstić information content (AvgIpc) is 2.78. The van der Waals surface area contributed by atoms with Gasteiger partial charge >= 0.3 is 12.1 Å². The number of rotatable bonds is 4. The van der Waals surface area contributed by atoms with Crippen molar-refractivity contribution in [3.63, 3.8) is 0 Å². The number of carboxylic acids is 1. The number of amides is 1. The second kappa shape index (κ2) is 5.03. The molecule has 2 rings (SSSR count). The van der Waals surface area contributed by atoms with E-state index in [0.29, 0.717) is 19.3 Å². The lowest BCUT2D eigenvalue weighted by atomic mass is 9.65. The van der Waals surface area contributed by atoms with E-state index in [1.807, 2.05) is 0 Å². The van der Waals surface area contributed by atoms with E-state index in [0.717, 1.165) is 11.3 Å². The summed E-state index contributed by atoms with van der Waals surface area (Å²) in [7, 11) is 0. The van der Waals surface area contributed by atoms with Crippen molar-refractivity contribution in [2.45, 2.75) is 38.3 Å². The molecule has 0 bridgehead atoms. The minimum atomic E-state index is -4.86. The molecule has 1 aliphatic carbocycles. The highest BCUT2D eigenvalue weighted by Gasteiger charge is 2.65. The number of carbonyl (C=O) groups excluding carboxylic acids is 1. The summed E-state index contributed by atoms with van der Waals surface area (Å²) in [6.45, 7) is 2.64. The first-order valence-electron chi connectivity index (χ1n) is 6.89. The Labute approximate surface area is 120 Å². The molecule has 1 saturated carbocycles. The summed E-state index contributed by atoms with van der Waals surface area (Å²) in [6.07, 6.45) is -1.31. The summed E-state index contributed by atoms with van der Waals surface area (Å²) in [6, 6.07) is 0. The van der Waals surface area contributed by atoms with Crippen LogP contribution in [0.4, 0.5) is 13.2 Å². The zero-order valence-electron chi connectivity index (χ0n) is 11.6. The van der Waals surface area contributed by atoms with Crippen LogP contribution in [0.2, 0.25) is 0 Å². The Morgan fingerprint density at radius 1 is 1.29 bits per heavy atom. The maximum absolute atomic E-state index is 13.1. The van der Waals surface area contributed by atoms with Gasteiger partial charge < -0.3 is 10.0 Å². The molecule has 21 heavy (non-hydrogen) atoms. The largest absolute Gasteiger partial charge is 0.481 e. The zero-order chi connectivity index (χ0) is 15.9. The summed E-state index contributed by atoms with van der Waals surface area (Å²) in [5.74, 6) is -2.27. The fourth-order valence-electron chi connectivity index (χ4n) is 3.23. The predicted octanol–water partition coefficient (Wildman–Crippen LogP) is 2.60. The number of hydrogen-bond donors (Lipinski definition) is 1. The van der Waals surface area contributed by atoms with Gasteiger partial charge in [0, 0.05) is 13.1 Å². The molecule has 2 aliphatic rings. The van der Waals surface area contributed by atoms with Gasteiger partial charge in [0.25, 0.3) is 0 Å². The molecule has 4 nitrogen and oxygen atoms in total. The fourth-order valence-corrected chi connectivity index (χ4v) is 3.23. The van der Waals surface area contributed by atoms with E-state index in [-0.39, 0.29) is 12.5 Å². The number of nitrogens with zero attached hydrogens (tertiary/aromatic N) is 1. The third-order valence-corrected chi connectivity index (χ3v) is 4.81. The maximum Gasteiger partial charge on any atom is 0.406 e. The highest BCUT2D eigenvalue weighted by Crippen LogP contribution is 2.50. The van der Waals surface area contributed by atoms with Crippen molar-refractivity contribution in [2.24, 2.45) is 10.8 Å². The van der Waals surface area contributed by atoms with Crippen LogP contribution in [0.15, 0.2) is 12.7 Å². The Kier molecular flexibility index (Phi) is 3.80. The SMILES string of the molecule is C=CCC1(C(=O)N2CCC(C(=O)O)(C(F)(F)F)C2)CCC1. The lowest BCUT2D eigenvalue weighted by Crippen LogP contribution is -2.51. The Morgan fingerprint density at radius 2 is 1.90 bits per heavy atom. The van der Waals surface area contributed by atoms with E-state index in [1.54, 1.807) is 6.08 Å². The van der Waals surface area contributed by atoms with Gasteiger partial charge in [0.1, 0.15) is 0 Å². The molecule has 1 unspecified atom stereocenters. The van der Waals surface area contributed by atoms with Gasteiger partial charge in [0.2, 0.25) is 5.91 Å². The van der Waals surface area contributed by atoms with E-state index < -0.39 is 35.9 Å². The van der Waals surface area contributed by atoms with Crippen molar-refractivity contribution in [3.8, 4) is 0 Å². The number of carboxylic acid groups (broad SMARTS) is 1. The summed E-state index contributed by atoms with van der Waals surface area (Å²) < 4.78 is 39.3. The van der Waals surface area contributed by atoms with Crippen LogP contribution in [-0.4, -0.2) is 41.1 Å². The fraction of sp³-hybridized carbons (Fsp3) is 0.714. The molecular formula is C14H18F3NO3. The molecule has 1 atom stereocenters. The van der Waals surface area contributed by atoms with Crippen molar-refractivity contribution in [3.05, 3.63) is 12.7 Å². The predicted molar refractivity (Wildman–Crippen MR) is 68.4 cm³/mol. The molecule has 7 heteroatoms. The van der Waals surface area contributed by atoms with E-state index in [9.17, 15) is 22.8 Å². The molecule has 1 aliphatic heterocycles. The summed E-state index contributed by atoms with van der Waals surface area (Å²) in [5, 5.41) is 9.00. The number of carbonyl (C=O) groups is 2. The minimum Gasteiger partial charge on any atom is -0.481 e. The van der Waals surface area contributed by atoms with Gasteiger partial charge in [-0.15, -0.1) is 6.58 Å². The van der Waals surface area contributed by atoms with Crippen LogP contribution in [0.1, 0.15) is 32.1 Å². The monoisotopic (exact) mass is 305 g/mol. The van der Waals surface area contributed by atoms with Gasteiger partial charge in [0.05, 0.1) is 5.41 Å². The molecule has 0 radical (unpaired) electrons. The van der Waals surface area contributed by atoms with Crippen molar-refractivity contribution < 1.29 is 27.9 Å². The quantitative estimate of drug-likeness (QED) is 0.812. The minimum absolute atomic E-state index is 0.163. The van der Waals surface area contributed by atoms with Gasteiger partial charge in [-0.3, -0.25) is 9.59 Å². The third-order valence-electron chi connectivity index (χ3n) is 4.81. The molecule has 0 spiro atoms. The smallest absolute Gasteiger partial charge is 0.406 e. The van der Waals surface area contributed by atoms with Crippen molar-refractivity contribution >= 4 is 11.9 Å². The highest BCUT2D eigenvalue weighted by atomic mass is 19.4. The number of allylic oxidation sites excluding steroid dienone is 1. The number of halogens is 3. The van der Waals surface area contributed by atoms with Crippen molar-refractivity contribution in [1.29, 1.82) is 0 Å². The lowest BCUT2D eigenvalue weighted by Gasteiger charge is -2.42. The van der Waals surface area contributed by atoms with Crippen LogP contribution in [0, 0.1) is 10.8 Å². The molecule has 1 amide bonds. The van der Waals surface area contributed by atoms with Gasteiger partial charge in [-0.25, -0.2) is 0 Å². The summed E-state index contributed by atoms with van der Waals surface area (Å²) in [4.78, 5) is 24.7. The van der Waals surface area contributed by atoms with Gasteiger partial charge in [-0.1, -0.05) is 12.5 Å². The second-order valence-corrected chi connectivity index (χ2v) is 5.99. The third kappa shape index (κ3) is 2.32. The Morgan fingerprint density at radius 3 is 2.24 bits per heavy atom. The molecule has 0 aromatic carbocycles. The van der Waals surface area contributed by atoms with Crippen molar-refractivity contribution in [1.82, 2.24) is 4.90 Å². The number of likely N-dealkylation sites (tertiary alicyclic amines) is 1. The van der Waals surface area contributed by atoms with Gasteiger partial charge in [-0.05, 0) is 25.7 Å². The van der Waals surface area contributed by atoms with Gasteiger partial charge in [0.15, 0.2) is 5.41 Å². The second-order valence-electron chi connectivity index (χ2n) is 5.99. The first-order valence-corrected chi connectivity index (χ1v) is 6.89. The summed E-state index contributed by atoms with van der Waals surface area (Å²) >= 11 is 0. The number of hydrogen-bond acceptors (Lipinski definition) is 2. The topological polar surface area (TPSA) is 57.6 Å². The van der Waals surface area contributed by atoms with E-state index >= 15 is 0 Å². The molecule has 118 valence electrons. The van der Waals surface area contributed by atoms with E-state index in [2.05, 4.69) is 6.58 Å². The summed E-state index contributed by atoms with van der Waals surface area (Å²) in [5.41, 5.74) is -3.50. The van der Waals surface area contributed by atoms with Crippen LogP contribution >= 0.6 is 0 Å². The first kappa shape index (κ1) is 15.9. The Balaban J connectivity index is 2.20. The van der Waals surface area contributed by atoms with Crippen LogP contribution in [0.3, 0.4) is 0 Å². The number of alkyl halides is 3. The standard InChI is InChI=1S/C14H18F3NO3/c1-2-4-12(5-3-6-12)10(19)18-8-7-13(9-18,11(20)21)14(15,16)17/h2H,1,3-9H2,(H,20,21). The Hall–Kier alpha value is -1.53. The maximum atomic E-state index is 13.1. The lowest BCUT2D eigenvalue weighted by molar-refractivity contribution is -0.227. The molecular weight excluding hydrogens is 287 g/mol. The molecule has 0 aromatic rings. The molecule has 2 fully saturated rings. The molecule has 1 heterocycles. The highest BCUT2D eigenvalue weighted by molar-refractivity contribution is 5.86. The number of aliphatic carboxylic acids is 1. The molecule has 1 N–H and O–H groups in total. The Bertz CT molecular complexity index is 471. The molecule has 0 aromatic heterocycles. The van der Waals surface area contributed by atoms with Crippen LogP contribution in [-0.2, 0) is 9.59 Å². The van der Waals surface area contributed by atoms with Crippen molar-refractivity contribution in [2.75, 3.05) is 13.1 Å². The average molecular weight is 305 g/mol. The van der Waals surface area contributed by atoms with Gasteiger partial charge in [-0.2, -0.15) is 13.2 Å². The van der Waals surface area contributed by atoms with Crippen LogP contribution < -0.4 is 0 Å². The zero-order valence-corrected chi connectivity index (χ0v) is 11.6. The molecule has 1 saturated heterocycles. The first-order chi connectivity index (χ1) is 9.68. The van der Waals surface area contributed by atoms with Crippen LogP contribution in [0.5, 0.6) is 0 Å².